The average molecular weight is 314 g/mol. The molecule has 0 spiro atoms. The summed E-state index contributed by atoms with van der Waals surface area (Å²) >= 11 is 12.3. The van der Waals surface area contributed by atoms with Gasteiger partial charge < -0.3 is 10.5 Å². The number of hydrogen-bond donors (Lipinski definition) is 1. The Morgan fingerprint density at radius 1 is 1.40 bits per heavy atom. The summed E-state index contributed by atoms with van der Waals surface area (Å²) in [5.41, 5.74) is 6.66. The Morgan fingerprint density at radius 2 is 2.20 bits per heavy atom. The summed E-state index contributed by atoms with van der Waals surface area (Å²) in [4.78, 5) is 0. The lowest BCUT2D eigenvalue weighted by Crippen LogP contribution is -2.32. The van der Waals surface area contributed by atoms with Crippen LogP contribution in [0.25, 0.3) is 11.4 Å². The highest BCUT2D eigenvalue weighted by Gasteiger charge is 2.36. The van der Waals surface area contributed by atoms with E-state index in [0.717, 1.165) is 6.42 Å². The molecule has 1 aliphatic heterocycles. The van der Waals surface area contributed by atoms with Gasteiger partial charge in [0, 0.05) is 17.9 Å². The minimum atomic E-state index is -0.292. The predicted molar refractivity (Wildman–Crippen MR) is 76.8 cm³/mol. The highest BCUT2D eigenvalue weighted by Crippen LogP contribution is 2.37. The molecule has 8 heteroatoms. The lowest BCUT2D eigenvalue weighted by molar-refractivity contribution is 0.155. The molecule has 2 aromatic rings. The van der Waals surface area contributed by atoms with Gasteiger partial charge in [-0.25, -0.2) is 4.68 Å². The van der Waals surface area contributed by atoms with Gasteiger partial charge in [-0.3, -0.25) is 0 Å². The lowest BCUT2D eigenvalue weighted by Gasteiger charge is -2.23. The molecule has 1 aliphatic rings. The van der Waals surface area contributed by atoms with Gasteiger partial charge in [-0.05, 0) is 35.9 Å². The predicted octanol–water partition coefficient (Wildman–Crippen LogP) is 2.36. The highest BCUT2D eigenvalue weighted by molar-refractivity contribution is 6.43. The van der Waals surface area contributed by atoms with Gasteiger partial charge >= 0.3 is 0 Å². The topological polar surface area (TPSA) is 78.9 Å². The first kappa shape index (κ1) is 13.6. The van der Waals surface area contributed by atoms with Crippen LogP contribution in [0.15, 0.2) is 12.1 Å². The Balaban J connectivity index is 2.15. The second kappa shape index (κ2) is 4.87. The number of halogens is 2. The van der Waals surface area contributed by atoms with E-state index < -0.39 is 0 Å². The van der Waals surface area contributed by atoms with E-state index in [0.29, 0.717) is 40.3 Å². The zero-order valence-corrected chi connectivity index (χ0v) is 12.3. The van der Waals surface area contributed by atoms with Gasteiger partial charge in [-0.2, -0.15) is 0 Å². The monoisotopic (exact) mass is 313 g/mol. The van der Waals surface area contributed by atoms with Crippen molar-refractivity contribution in [1.29, 1.82) is 0 Å². The standard InChI is InChI=1S/C12H13Cl2N5O/c1-12(2-3-20-6-12)19-11(16-17-18-19)8-4-7(15)5-9(13)10(8)14/h4-5H,2-3,6,15H2,1H3. The fourth-order valence-electron chi connectivity index (χ4n) is 2.31. The van der Waals surface area contributed by atoms with Crippen molar-refractivity contribution in [3.8, 4) is 11.4 Å². The second-order valence-corrected chi connectivity index (χ2v) is 5.86. The molecule has 1 saturated heterocycles. The summed E-state index contributed by atoms with van der Waals surface area (Å²) in [6.45, 7) is 3.28. The number of hydrogen-bond acceptors (Lipinski definition) is 5. The van der Waals surface area contributed by atoms with Crippen molar-refractivity contribution in [3.63, 3.8) is 0 Å². The van der Waals surface area contributed by atoms with Crippen molar-refractivity contribution in [3.05, 3.63) is 22.2 Å². The minimum absolute atomic E-state index is 0.292. The van der Waals surface area contributed by atoms with E-state index in [1.165, 1.54) is 0 Å². The summed E-state index contributed by atoms with van der Waals surface area (Å²) in [7, 11) is 0. The summed E-state index contributed by atoms with van der Waals surface area (Å²) in [5.74, 6) is 0.539. The number of aromatic nitrogens is 4. The van der Waals surface area contributed by atoms with Gasteiger partial charge in [0.25, 0.3) is 0 Å². The molecule has 1 unspecified atom stereocenters. The molecule has 0 radical (unpaired) electrons. The first-order valence-corrected chi connectivity index (χ1v) is 6.88. The smallest absolute Gasteiger partial charge is 0.184 e. The molecule has 6 nitrogen and oxygen atoms in total. The maximum atomic E-state index is 6.25. The zero-order chi connectivity index (χ0) is 14.3. The maximum Gasteiger partial charge on any atom is 0.184 e. The lowest BCUT2D eigenvalue weighted by atomic mass is 10.0. The number of anilines is 1. The Kier molecular flexibility index (Phi) is 3.32. The third-order valence-corrected chi connectivity index (χ3v) is 4.27. The van der Waals surface area contributed by atoms with Crippen LogP contribution in [-0.4, -0.2) is 33.4 Å². The fourth-order valence-corrected chi connectivity index (χ4v) is 2.74. The van der Waals surface area contributed by atoms with Crippen LogP contribution in [0.3, 0.4) is 0 Å². The quantitative estimate of drug-likeness (QED) is 0.861. The van der Waals surface area contributed by atoms with E-state index in [4.69, 9.17) is 33.7 Å². The van der Waals surface area contributed by atoms with E-state index >= 15 is 0 Å². The molecule has 106 valence electrons. The molecule has 3 rings (SSSR count). The minimum Gasteiger partial charge on any atom is -0.399 e. The van der Waals surface area contributed by atoms with Crippen molar-refractivity contribution >= 4 is 28.9 Å². The number of rotatable bonds is 2. The Morgan fingerprint density at radius 3 is 2.90 bits per heavy atom. The SMILES string of the molecule is CC1(n2nnnc2-c2cc(N)cc(Cl)c2Cl)CCOC1. The van der Waals surface area contributed by atoms with Crippen LogP contribution >= 0.6 is 23.2 Å². The van der Waals surface area contributed by atoms with Crippen LogP contribution < -0.4 is 5.73 Å². The Labute approximate surface area is 125 Å². The van der Waals surface area contributed by atoms with Gasteiger partial charge in [0.2, 0.25) is 0 Å². The number of nitrogens with two attached hydrogens (primary N) is 1. The molecular formula is C12H13Cl2N5O. The van der Waals surface area contributed by atoms with Gasteiger partial charge in [0.05, 0.1) is 22.2 Å². The van der Waals surface area contributed by atoms with E-state index in [1.807, 2.05) is 6.92 Å². The van der Waals surface area contributed by atoms with Crippen molar-refractivity contribution in [2.24, 2.45) is 0 Å². The number of ether oxygens (including phenoxy) is 1. The summed E-state index contributed by atoms with van der Waals surface area (Å²) in [5, 5.41) is 12.7. The first-order chi connectivity index (χ1) is 9.51. The van der Waals surface area contributed by atoms with Crippen molar-refractivity contribution in [2.75, 3.05) is 18.9 Å². The molecule has 1 atom stereocenters. The van der Waals surface area contributed by atoms with Crippen LogP contribution in [0.2, 0.25) is 10.0 Å². The van der Waals surface area contributed by atoms with E-state index in [2.05, 4.69) is 15.5 Å². The van der Waals surface area contributed by atoms with Crippen LogP contribution in [0, 0.1) is 0 Å². The fraction of sp³-hybridized carbons (Fsp3) is 0.417. The summed E-state index contributed by atoms with van der Waals surface area (Å²) < 4.78 is 7.19. The Bertz CT molecular complexity index is 651. The van der Waals surface area contributed by atoms with Gasteiger partial charge in [0.15, 0.2) is 5.82 Å². The molecule has 0 amide bonds. The van der Waals surface area contributed by atoms with Crippen LogP contribution in [-0.2, 0) is 10.3 Å². The van der Waals surface area contributed by atoms with Crippen LogP contribution in [0.5, 0.6) is 0 Å². The van der Waals surface area contributed by atoms with E-state index in [-0.39, 0.29) is 5.54 Å². The van der Waals surface area contributed by atoms with Crippen molar-refractivity contribution in [1.82, 2.24) is 20.2 Å². The van der Waals surface area contributed by atoms with E-state index in [1.54, 1.807) is 16.8 Å². The van der Waals surface area contributed by atoms with E-state index in [9.17, 15) is 0 Å². The largest absolute Gasteiger partial charge is 0.399 e. The summed E-state index contributed by atoms with van der Waals surface area (Å²) in [6.07, 6.45) is 0.832. The normalized spacial score (nSPS) is 22.4. The Hall–Kier alpha value is -1.37. The zero-order valence-electron chi connectivity index (χ0n) is 10.8. The molecule has 20 heavy (non-hydrogen) atoms. The third kappa shape index (κ3) is 2.13. The van der Waals surface area contributed by atoms with Crippen LogP contribution in [0.4, 0.5) is 5.69 Å². The number of tetrazole rings is 1. The third-order valence-electron chi connectivity index (χ3n) is 3.47. The van der Waals surface area contributed by atoms with Crippen molar-refractivity contribution in [2.45, 2.75) is 18.9 Å². The first-order valence-electron chi connectivity index (χ1n) is 6.13. The van der Waals surface area contributed by atoms with Gasteiger partial charge in [-0.1, -0.05) is 23.2 Å². The second-order valence-electron chi connectivity index (χ2n) is 5.08. The maximum absolute atomic E-state index is 6.25. The molecule has 0 bridgehead atoms. The molecular weight excluding hydrogens is 301 g/mol. The highest BCUT2D eigenvalue weighted by atomic mass is 35.5. The van der Waals surface area contributed by atoms with Gasteiger partial charge in [-0.15, -0.1) is 5.10 Å². The molecule has 0 aliphatic carbocycles. The molecule has 1 aromatic carbocycles. The number of benzene rings is 1. The molecule has 2 N–H and O–H groups in total. The van der Waals surface area contributed by atoms with Crippen LogP contribution in [0.1, 0.15) is 13.3 Å². The number of nitrogen functional groups attached to an aromatic ring is 1. The average Bonchev–Trinajstić information content (AvgIpc) is 3.03. The van der Waals surface area contributed by atoms with Gasteiger partial charge in [0.1, 0.15) is 0 Å². The number of nitrogens with zero attached hydrogens (tertiary/aromatic N) is 4. The molecule has 0 saturated carbocycles. The van der Waals surface area contributed by atoms with Crippen molar-refractivity contribution < 1.29 is 4.74 Å². The molecule has 1 aromatic heterocycles. The molecule has 1 fully saturated rings. The molecule has 2 heterocycles. The summed E-state index contributed by atoms with van der Waals surface area (Å²) in [6, 6.07) is 3.32.